The van der Waals surface area contributed by atoms with Crippen molar-refractivity contribution in [3.05, 3.63) is 70.8 Å². The van der Waals surface area contributed by atoms with Crippen molar-refractivity contribution >= 4 is 29.8 Å². The number of ether oxygens (including phenoxy) is 3. The van der Waals surface area contributed by atoms with Crippen molar-refractivity contribution in [2.75, 3.05) is 38.8 Å². The molecule has 0 aliphatic carbocycles. The number of hydrogen-bond acceptors (Lipinski definition) is 8. The number of methoxy groups -OCH3 is 2. The van der Waals surface area contributed by atoms with Gasteiger partial charge in [-0.1, -0.05) is 24.3 Å². The summed E-state index contributed by atoms with van der Waals surface area (Å²) in [5, 5.41) is 18.1. The highest BCUT2D eigenvalue weighted by Gasteiger charge is 2.10. The second-order valence-electron chi connectivity index (χ2n) is 6.91. The van der Waals surface area contributed by atoms with E-state index in [1.54, 1.807) is 24.3 Å². The van der Waals surface area contributed by atoms with Crippen LogP contribution in [0.25, 0.3) is 12.2 Å². The standard InChI is InChI=1S/C26H25N3O5/c1-4-29(23-9-5-19(6-10-23)15-21(17-27)25(30)32-2)13-14-34-24-11-7-20(8-12-24)16-22(18-28)26(31)33-3/h5-12,15-16H,4,13-14H2,1-3H3/b21-15+,22-16+. The highest BCUT2D eigenvalue weighted by atomic mass is 16.5. The second-order valence-corrected chi connectivity index (χ2v) is 6.91. The molecule has 174 valence electrons. The second kappa shape index (κ2) is 13.1. The molecule has 0 amide bonds. The van der Waals surface area contributed by atoms with Gasteiger partial charge in [0.2, 0.25) is 0 Å². The molecule has 2 aromatic rings. The molecule has 8 heteroatoms. The molecule has 34 heavy (non-hydrogen) atoms. The maximum absolute atomic E-state index is 11.6. The third kappa shape index (κ3) is 7.25. The molecule has 0 atom stereocenters. The van der Waals surface area contributed by atoms with Gasteiger partial charge in [0, 0.05) is 12.2 Å². The lowest BCUT2D eigenvalue weighted by Crippen LogP contribution is -2.28. The maximum Gasteiger partial charge on any atom is 0.348 e. The molecule has 8 nitrogen and oxygen atoms in total. The summed E-state index contributed by atoms with van der Waals surface area (Å²) in [6.45, 7) is 3.88. The molecule has 0 saturated heterocycles. The molecule has 0 spiro atoms. The van der Waals surface area contributed by atoms with Gasteiger partial charge in [-0.15, -0.1) is 0 Å². The Hall–Kier alpha value is -4.56. The van der Waals surface area contributed by atoms with Crippen LogP contribution in [-0.4, -0.2) is 45.9 Å². The third-order valence-electron chi connectivity index (χ3n) is 4.82. The van der Waals surface area contributed by atoms with Crippen LogP contribution in [0.3, 0.4) is 0 Å². The molecule has 0 heterocycles. The Labute approximate surface area is 198 Å². The molecule has 0 N–H and O–H groups in total. The predicted molar refractivity (Wildman–Crippen MR) is 127 cm³/mol. The van der Waals surface area contributed by atoms with Crippen molar-refractivity contribution in [1.82, 2.24) is 0 Å². The van der Waals surface area contributed by atoms with E-state index in [2.05, 4.69) is 14.4 Å². The van der Waals surface area contributed by atoms with Crippen molar-refractivity contribution in [2.45, 2.75) is 6.92 Å². The largest absolute Gasteiger partial charge is 0.492 e. The molecule has 2 rings (SSSR count). The number of rotatable bonds is 10. The van der Waals surface area contributed by atoms with Crippen molar-refractivity contribution in [1.29, 1.82) is 10.5 Å². The molecule has 0 radical (unpaired) electrons. The number of carbonyl (C=O) groups excluding carboxylic acids is 2. The SMILES string of the molecule is CCN(CCOc1ccc(/C=C(\C#N)C(=O)OC)cc1)c1ccc(/C=C(\C#N)C(=O)OC)cc1. The third-order valence-corrected chi connectivity index (χ3v) is 4.82. The molecular formula is C26H25N3O5. The van der Waals surface area contributed by atoms with Crippen LogP contribution in [0.15, 0.2) is 59.7 Å². The Kier molecular flexibility index (Phi) is 9.90. The van der Waals surface area contributed by atoms with Gasteiger partial charge in [0.25, 0.3) is 0 Å². The molecule has 0 fully saturated rings. The molecule has 0 saturated carbocycles. The van der Waals surface area contributed by atoms with E-state index >= 15 is 0 Å². The Morgan fingerprint density at radius 3 is 1.74 bits per heavy atom. The molecule has 0 aliphatic rings. The van der Waals surface area contributed by atoms with Crippen LogP contribution in [0.1, 0.15) is 18.1 Å². The summed E-state index contributed by atoms with van der Waals surface area (Å²) in [6.07, 6.45) is 2.94. The highest BCUT2D eigenvalue weighted by Crippen LogP contribution is 2.18. The van der Waals surface area contributed by atoms with Crippen molar-refractivity contribution in [2.24, 2.45) is 0 Å². The lowest BCUT2D eigenvalue weighted by Gasteiger charge is -2.23. The zero-order valence-corrected chi connectivity index (χ0v) is 19.3. The van der Waals surface area contributed by atoms with E-state index in [1.165, 1.54) is 26.4 Å². The van der Waals surface area contributed by atoms with Crippen LogP contribution >= 0.6 is 0 Å². The van der Waals surface area contributed by atoms with E-state index in [1.807, 2.05) is 43.3 Å². The van der Waals surface area contributed by atoms with Gasteiger partial charge in [-0.05, 0) is 54.5 Å². The first kappa shape index (κ1) is 25.7. The normalized spacial score (nSPS) is 11.1. The Morgan fingerprint density at radius 1 is 0.853 bits per heavy atom. The average molecular weight is 460 g/mol. The average Bonchev–Trinajstić information content (AvgIpc) is 2.88. The minimum absolute atomic E-state index is 0.0633. The van der Waals surface area contributed by atoms with Gasteiger partial charge >= 0.3 is 11.9 Å². The van der Waals surface area contributed by atoms with Crippen LogP contribution in [-0.2, 0) is 19.1 Å². The van der Waals surface area contributed by atoms with Crippen LogP contribution in [0, 0.1) is 22.7 Å². The van der Waals surface area contributed by atoms with Crippen LogP contribution < -0.4 is 9.64 Å². The quantitative estimate of drug-likeness (QED) is 0.300. The van der Waals surface area contributed by atoms with E-state index in [-0.39, 0.29) is 11.1 Å². The van der Waals surface area contributed by atoms with Gasteiger partial charge in [0.1, 0.15) is 35.6 Å². The molecule has 2 aromatic carbocycles. The summed E-state index contributed by atoms with van der Waals surface area (Å²) in [5.41, 5.74) is 2.24. The number of carbonyl (C=O) groups is 2. The lowest BCUT2D eigenvalue weighted by molar-refractivity contribution is -0.136. The van der Waals surface area contributed by atoms with E-state index < -0.39 is 11.9 Å². The van der Waals surface area contributed by atoms with E-state index in [4.69, 9.17) is 15.3 Å². The molecular weight excluding hydrogens is 434 g/mol. The van der Waals surface area contributed by atoms with Crippen molar-refractivity contribution < 1.29 is 23.8 Å². The van der Waals surface area contributed by atoms with Crippen LogP contribution in [0.5, 0.6) is 5.75 Å². The summed E-state index contributed by atoms with van der Waals surface area (Å²) in [7, 11) is 2.46. The lowest BCUT2D eigenvalue weighted by atomic mass is 10.1. The number of esters is 2. The summed E-state index contributed by atoms with van der Waals surface area (Å²) in [5.74, 6) is -0.686. The maximum atomic E-state index is 11.6. The van der Waals surface area contributed by atoms with Gasteiger partial charge in [0.05, 0.1) is 20.8 Å². The van der Waals surface area contributed by atoms with Gasteiger partial charge in [-0.2, -0.15) is 10.5 Å². The first-order valence-corrected chi connectivity index (χ1v) is 10.4. The number of nitrogens with zero attached hydrogens (tertiary/aromatic N) is 3. The Morgan fingerprint density at radius 2 is 1.32 bits per heavy atom. The minimum atomic E-state index is -0.680. The fraction of sp³-hybridized carbons (Fsp3) is 0.231. The topological polar surface area (TPSA) is 113 Å². The van der Waals surface area contributed by atoms with Gasteiger partial charge in [0.15, 0.2) is 0 Å². The summed E-state index contributed by atoms with van der Waals surface area (Å²) in [6, 6.07) is 18.2. The van der Waals surface area contributed by atoms with Gasteiger partial charge in [-0.25, -0.2) is 9.59 Å². The Bertz CT molecular complexity index is 1140. The predicted octanol–water partition coefficient (Wildman–Crippen LogP) is 3.75. The van der Waals surface area contributed by atoms with Gasteiger partial charge < -0.3 is 19.1 Å². The zero-order chi connectivity index (χ0) is 24.9. The zero-order valence-electron chi connectivity index (χ0n) is 19.3. The number of anilines is 1. The molecule has 0 aromatic heterocycles. The fourth-order valence-electron chi connectivity index (χ4n) is 3.01. The fourth-order valence-corrected chi connectivity index (χ4v) is 3.01. The highest BCUT2D eigenvalue weighted by molar-refractivity contribution is 5.98. The first-order valence-electron chi connectivity index (χ1n) is 10.4. The van der Waals surface area contributed by atoms with E-state index in [0.717, 1.165) is 17.8 Å². The minimum Gasteiger partial charge on any atom is -0.492 e. The Balaban J connectivity index is 1.97. The first-order chi connectivity index (χ1) is 16.4. The summed E-state index contributed by atoms with van der Waals surface area (Å²) < 4.78 is 15.0. The van der Waals surface area contributed by atoms with Gasteiger partial charge in [-0.3, -0.25) is 0 Å². The summed E-state index contributed by atoms with van der Waals surface area (Å²) in [4.78, 5) is 25.2. The van der Waals surface area contributed by atoms with Crippen LogP contribution in [0.2, 0.25) is 0 Å². The van der Waals surface area contributed by atoms with Crippen molar-refractivity contribution in [3.63, 3.8) is 0 Å². The summed E-state index contributed by atoms with van der Waals surface area (Å²) >= 11 is 0. The molecule has 0 unspecified atom stereocenters. The number of likely N-dealkylation sites (N-methyl/N-ethyl adjacent to an activating group) is 1. The van der Waals surface area contributed by atoms with Crippen LogP contribution in [0.4, 0.5) is 5.69 Å². The number of benzene rings is 2. The van der Waals surface area contributed by atoms with Crippen molar-refractivity contribution in [3.8, 4) is 17.9 Å². The number of nitriles is 2. The number of hydrogen-bond donors (Lipinski definition) is 0. The molecule has 0 aliphatic heterocycles. The van der Waals surface area contributed by atoms with E-state index in [9.17, 15) is 9.59 Å². The monoisotopic (exact) mass is 459 g/mol. The van der Waals surface area contributed by atoms with E-state index in [0.29, 0.717) is 24.5 Å². The molecule has 0 bridgehead atoms. The smallest absolute Gasteiger partial charge is 0.348 e.